The number of nitrogens with zero attached hydrogens (tertiary/aromatic N) is 3. The number of methoxy groups -OCH3 is 1. The number of nitrogens with two attached hydrogens (primary N) is 1. The first kappa shape index (κ1) is 26.9. The van der Waals surface area contributed by atoms with Crippen LogP contribution in [0.25, 0.3) is 0 Å². The Morgan fingerprint density at radius 2 is 1.87 bits per heavy atom. The quantitative estimate of drug-likeness (QED) is 0.502. The Balaban J connectivity index is 1.68. The Morgan fingerprint density at radius 1 is 1.18 bits per heavy atom. The number of carbonyl (C=O) groups is 3. The van der Waals surface area contributed by atoms with E-state index in [9.17, 15) is 22.8 Å². The molecule has 2 saturated heterocycles. The Labute approximate surface area is 233 Å². The average molecular weight is 626 g/mol. The lowest BCUT2D eigenvalue weighted by molar-refractivity contribution is -0.185. The van der Waals surface area contributed by atoms with Gasteiger partial charge in [-0.25, -0.2) is 8.42 Å². The summed E-state index contributed by atoms with van der Waals surface area (Å²) in [4.78, 5) is 43.1. The Morgan fingerprint density at radius 3 is 2.47 bits per heavy atom. The van der Waals surface area contributed by atoms with Gasteiger partial charge in [0.2, 0.25) is 27.5 Å². The third-order valence-corrected chi connectivity index (χ3v) is 10.0. The number of rotatable bonds is 7. The number of piperazine rings is 1. The molecule has 3 aliphatic rings. The average Bonchev–Trinajstić information content (AvgIpc) is 3.72. The van der Waals surface area contributed by atoms with Crippen molar-refractivity contribution in [3.8, 4) is 5.75 Å². The first-order valence-electron chi connectivity index (χ1n) is 12.0. The zero-order valence-corrected chi connectivity index (χ0v) is 23.6. The normalized spacial score (nSPS) is 24.3. The molecule has 0 radical (unpaired) electrons. The van der Waals surface area contributed by atoms with Crippen LogP contribution < -0.4 is 10.5 Å². The summed E-state index contributed by atoms with van der Waals surface area (Å²) < 4.78 is 35.5. The largest absolute Gasteiger partial charge is 0.495 e. The van der Waals surface area contributed by atoms with Crippen LogP contribution in [0, 0.1) is 0 Å². The van der Waals surface area contributed by atoms with E-state index >= 15 is 0 Å². The van der Waals surface area contributed by atoms with Crippen molar-refractivity contribution in [1.29, 1.82) is 0 Å². The Hall–Kier alpha value is -2.67. The van der Waals surface area contributed by atoms with E-state index in [1.807, 2.05) is 12.1 Å². The molecule has 2 aromatic carbocycles. The van der Waals surface area contributed by atoms with E-state index in [0.717, 1.165) is 19.2 Å². The van der Waals surface area contributed by atoms with Gasteiger partial charge in [-0.2, -0.15) is 4.31 Å². The topological polar surface area (TPSA) is 130 Å². The molecule has 10 nitrogen and oxygen atoms in total. The van der Waals surface area contributed by atoms with Gasteiger partial charge in [-0.15, -0.1) is 0 Å². The van der Waals surface area contributed by atoms with Crippen LogP contribution >= 0.6 is 27.5 Å². The van der Waals surface area contributed by atoms with Crippen LogP contribution in [0.5, 0.6) is 5.75 Å². The molecule has 1 aliphatic carbocycles. The number of benzene rings is 2. The van der Waals surface area contributed by atoms with Gasteiger partial charge in [-0.05, 0) is 48.7 Å². The predicted octanol–water partition coefficient (Wildman–Crippen LogP) is 2.13. The summed E-state index contributed by atoms with van der Waals surface area (Å²) in [5, 5.41) is 0.147. The fourth-order valence-electron chi connectivity index (χ4n) is 5.36. The highest BCUT2D eigenvalue weighted by atomic mass is 79.9. The fourth-order valence-corrected chi connectivity index (χ4v) is 7.75. The molecule has 0 bridgehead atoms. The minimum absolute atomic E-state index is 0.0230. The van der Waals surface area contributed by atoms with Crippen LogP contribution in [0.4, 0.5) is 0 Å². The lowest BCUT2D eigenvalue weighted by Gasteiger charge is -2.57. The van der Waals surface area contributed by atoms with Crippen molar-refractivity contribution in [3.63, 3.8) is 0 Å². The van der Waals surface area contributed by atoms with E-state index < -0.39 is 33.5 Å². The Bertz CT molecular complexity index is 1420. The smallest absolute Gasteiger partial charge is 0.261 e. The van der Waals surface area contributed by atoms with Crippen molar-refractivity contribution in [2.24, 2.45) is 5.73 Å². The van der Waals surface area contributed by atoms with Gasteiger partial charge in [0.1, 0.15) is 16.7 Å². The number of hydrogen-bond acceptors (Lipinski definition) is 6. The van der Waals surface area contributed by atoms with Crippen molar-refractivity contribution in [2.45, 2.75) is 48.3 Å². The van der Waals surface area contributed by atoms with E-state index in [0.29, 0.717) is 12.8 Å². The van der Waals surface area contributed by atoms with Gasteiger partial charge >= 0.3 is 0 Å². The molecule has 13 heteroatoms. The van der Waals surface area contributed by atoms with Gasteiger partial charge in [0.25, 0.3) is 5.91 Å². The van der Waals surface area contributed by atoms with Crippen molar-refractivity contribution in [3.05, 3.63) is 57.5 Å². The van der Waals surface area contributed by atoms with Crippen molar-refractivity contribution < 1.29 is 27.5 Å². The second-order valence-electron chi connectivity index (χ2n) is 9.61. The molecular formula is C25H26BrClN4O6S. The van der Waals surface area contributed by atoms with Crippen LogP contribution in [0.15, 0.2) is 51.8 Å². The molecule has 2 atom stereocenters. The zero-order valence-electron chi connectivity index (χ0n) is 20.5. The van der Waals surface area contributed by atoms with Crippen molar-refractivity contribution >= 4 is 55.3 Å². The number of amides is 3. The minimum Gasteiger partial charge on any atom is -0.495 e. The van der Waals surface area contributed by atoms with Gasteiger partial charge in [0.15, 0.2) is 0 Å². The van der Waals surface area contributed by atoms with Crippen LogP contribution in [0.2, 0.25) is 5.02 Å². The van der Waals surface area contributed by atoms with E-state index in [2.05, 4.69) is 15.9 Å². The van der Waals surface area contributed by atoms with E-state index in [1.54, 1.807) is 12.1 Å². The maximum Gasteiger partial charge on any atom is 0.261 e. The fraction of sp³-hybridized carbons (Fsp3) is 0.400. The number of hydrogen-bond donors (Lipinski definition) is 1. The molecule has 38 heavy (non-hydrogen) atoms. The molecule has 2 N–H and O–H groups in total. The second-order valence-corrected chi connectivity index (χ2v) is 12.8. The molecule has 2 aliphatic heterocycles. The lowest BCUT2D eigenvalue weighted by atomic mass is 9.90. The van der Waals surface area contributed by atoms with Crippen molar-refractivity contribution in [1.82, 2.24) is 14.1 Å². The second kappa shape index (κ2) is 9.82. The van der Waals surface area contributed by atoms with Crippen molar-refractivity contribution in [2.75, 3.05) is 20.2 Å². The van der Waals surface area contributed by atoms with Gasteiger partial charge in [0, 0.05) is 34.9 Å². The zero-order chi connectivity index (χ0) is 27.4. The molecule has 3 amide bonds. The predicted molar refractivity (Wildman–Crippen MR) is 142 cm³/mol. The summed E-state index contributed by atoms with van der Waals surface area (Å²) in [6.45, 7) is -0.648. The molecule has 2 heterocycles. The highest BCUT2D eigenvalue weighted by Crippen LogP contribution is 2.43. The summed E-state index contributed by atoms with van der Waals surface area (Å²) >= 11 is 9.53. The summed E-state index contributed by atoms with van der Waals surface area (Å²) in [5.41, 5.74) is 4.62. The van der Waals surface area contributed by atoms with E-state index in [-0.39, 0.29) is 53.5 Å². The molecule has 2 unspecified atom stereocenters. The molecular weight excluding hydrogens is 600 g/mol. The number of sulfonamides is 1. The molecule has 2 aromatic rings. The molecule has 202 valence electrons. The summed E-state index contributed by atoms with van der Waals surface area (Å²) in [6.07, 6.45) is 1.29. The van der Waals surface area contributed by atoms with Crippen LogP contribution in [-0.4, -0.2) is 78.2 Å². The number of ether oxygens (including phenoxy) is 1. The highest BCUT2D eigenvalue weighted by molar-refractivity contribution is 9.10. The number of halogens is 2. The Kier molecular flexibility index (Phi) is 6.95. The van der Waals surface area contributed by atoms with E-state index in [4.69, 9.17) is 22.1 Å². The SMILES string of the molecule is COc1ccc(Cl)cc1S(=O)(=O)N1CCC(=O)N2C(Cc3ccc(Br)cc3)C(=O)N(C3CC3)CC21C(N)=O. The van der Waals surface area contributed by atoms with Gasteiger partial charge < -0.3 is 20.3 Å². The first-order valence-corrected chi connectivity index (χ1v) is 14.6. The monoisotopic (exact) mass is 624 g/mol. The summed E-state index contributed by atoms with van der Waals surface area (Å²) in [5.74, 6) is -1.86. The highest BCUT2D eigenvalue weighted by Gasteiger charge is 2.65. The van der Waals surface area contributed by atoms with Crippen LogP contribution in [0.3, 0.4) is 0 Å². The summed E-state index contributed by atoms with van der Waals surface area (Å²) in [7, 11) is -3.17. The third kappa shape index (κ3) is 4.37. The lowest BCUT2D eigenvalue weighted by Crippen LogP contribution is -2.82. The third-order valence-electron chi connectivity index (χ3n) is 7.30. The molecule has 1 saturated carbocycles. The van der Waals surface area contributed by atoms with E-state index in [1.165, 1.54) is 30.2 Å². The minimum atomic E-state index is -4.49. The number of primary amides is 1. The van der Waals surface area contributed by atoms with Gasteiger partial charge in [0.05, 0.1) is 13.7 Å². The standard InChI is InChI=1S/C25H26BrClN4O6S/c1-37-20-9-6-17(27)13-21(20)38(35,36)30-11-10-22(32)31-19(12-15-2-4-16(26)5-3-15)23(33)29(18-7-8-18)14-25(30,31)24(28)34/h2-6,9,13,18-19H,7-8,10-12,14H2,1H3,(H2,28,34). The van der Waals surface area contributed by atoms with Crippen LogP contribution in [0.1, 0.15) is 24.8 Å². The molecule has 0 spiro atoms. The first-order chi connectivity index (χ1) is 18.0. The molecule has 0 aromatic heterocycles. The molecule has 5 rings (SSSR count). The number of fused-ring (bicyclic) bond motifs is 1. The maximum absolute atomic E-state index is 14.2. The van der Waals surface area contributed by atoms with Crippen LogP contribution in [-0.2, 0) is 30.8 Å². The maximum atomic E-state index is 14.2. The van der Waals surface area contributed by atoms with Gasteiger partial charge in [-0.1, -0.05) is 39.7 Å². The molecule has 3 fully saturated rings. The number of carbonyl (C=O) groups excluding carboxylic acids is 3. The summed E-state index contributed by atoms with van der Waals surface area (Å²) in [6, 6.07) is 10.1. The van der Waals surface area contributed by atoms with Gasteiger partial charge in [-0.3, -0.25) is 14.4 Å².